The zero-order valence-electron chi connectivity index (χ0n) is 20.9. The highest BCUT2D eigenvalue weighted by atomic mass is 16.5. The van der Waals surface area contributed by atoms with E-state index in [1.54, 1.807) is 0 Å². The summed E-state index contributed by atoms with van der Waals surface area (Å²) in [6, 6.07) is 20.5. The average molecular weight is 472 g/mol. The quantitative estimate of drug-likeness (QED) is 0.434. The van der Waals surface area contributed by atoms with Crippen LogP contribution in [0, 0.1) is 6.92 Å². The average Bonchev–Trinajstić information content (AvgIpc) is 2.91. The Labute approximate surface area is 209 Å². The number of carbonyl (C=O) groups is 1. The molecule has 0 radical (unpaired) electrons. The highest BCUT2D eigenvalue weighted by Gasteiger charge is 2.24. The number of nitrogens with zero attached hydrogens (tertiary/aromatic N) is 3. The molecule has 2 fully saturated rings. The van der Waals surface area contributed by atoms with Gasteiger partial charge in [-0.15, -0.1) is 0 Å². The molecule has 3 aromatic rings. The Hall–Kier alpha value is -3.05. The van der Waals surface area contributed by atoms with E-state index in [1.807, 2.05) is 35.2 Å². The van der Waals surface area contributed by atoms with Gasteiger partial charge in [0, 0.05) is 44.0 Å². The molecule has 0 atom stereocenters. The minimum Gasteiger partial charge on any atom is -0.494 e. The smallest absolute Gasteiger partial charge is 0.254 e. The second-order valence-corrected chi connectivity index (χ2v) is 9.86. The highest BCUT2D eigenvalue weighted by Crippen LogP contribution is 2.27. The number of fused-ring (bicyclic) bond motifs is 1. The van der Waals surface area contributed by atoms with Crippen molar-refractivity contribution in [3.05, 3.63) is 71.8 Å². The first-order valence-electron chi connectivity index (χ1n) is 13.2. The third-order valence-electron chi connectivity index (χ3n) is 7.43. The number of hydrogen-bond acceptors (Lipinski definition) is 4. The van der Waals surface area contributed by atoms with Crippen LogP contribution in [-0.2, 0) is 0 Å². The van der Waals surface area contributed by atoms with Crippen molar-refractivity contribution >= 4 is 22.4 Å². The number of carbonyl (C=O) groups excluding carboxylic acids is 1. The van der Waals surface area contributed by atoms with Gasteiger partial charge >= 0.3 is 0 Å². The van der Waals surface area contributed by atoms with Crippen molar-refractivity contribution in [2.45, 2.75) is 32.6 Å². The number of piperidine rings is 1. The van der Waals surface area contributed by atoms with E-state index in [1.165, 1.54) is 43.6 Å². The summed E-state index contributed by atoms with van der Waals surface area (Å²) >= 11 is 0. The van der Waals surface area contributed by atoms with Crippen LogP contribution < -0.4 is 9.64 Å². The summed E-state index contributed by atoms with van der Waals surface area (Å²) in [6.45, 7) is 9.70. The van der Waals surface area contributed by atoms with Crippen molar-refractivity contribution in [1.82, 2.24) is 9.80 Å². The molecule has 2 saturated heterocycles. The summed E-state index contributed by atoms with van der Waals surface area (Å²) in [7, 11) is 0. The molecule has 2 heterocycles. The van der Waals surface area contributed by atoms with Gasteiger partial charge in [0.25, 0.3) is 5.91 Å². The third-order valence-corrected chi connectivity index (χ3v) is 7.43. The predicted molar refractivity (Wildman–Crippen MR) is 144 cm³/mol. The highest BCUT2D eigenvalue weighted by molar-refractivity contribution is 6.07. The molecule has 5 rings (SSSR count). The van der Waals surface area contributed by atoms with Crippen LogP contribution in [0.2, 0.25) is 0 Å². The van der Waals surface area contributed by atoms with Gasteiger partial charge < -0.3 is 19.4 Å². The Morgan fingerprint density at radius 1 is 0.857 bits per heavy atom. The molecule has 5 nitrogen and oxygen atoms in total. The normalized spacial score (nSPS) is 17.1. The number of ether oxygens (including phenoxy) is 1. The standard InChI is InChI=1S/C30H37N3O2/c1-24-23-26(35-22-8-17-31-15-5-2-6-16-31)13-14-29(24)32-18-20-33(21-19-32)30(34)28-12-7-10-25-9-3-4-11-27(25)28/h3-4,7,9-14,23H,2,5-6,8,15-22H2,1H3. The van der Waals surface area contributed by atoms with Crippen molar-refractivity contribution in [1.29, 1.82) is 0 Å². The number of benzene rings is 3. The van der Waals surface area contributed by atoms with E-state index in [2.05, 4.69) is 47.1 Å². The summed E-state index contributed by atoms with van der Waals surface area (Å²) in [5.74, 6) is 1.08. The lowest BCUT2D eigenvalue weighted by Crippen LogP contribution is -2.49. The first kappa shape index (κ1) is 23.7. The fourth-order valence-corrected chi connectivity index (χ4v) is 5.47. The minimum absolute atomic E-state index is 0.131. The maximum Gasteiger partial charge on any atom is 0.254 e. The number of aryl methyl sites for hydroxylation is 1. The van der Waals surface area contributed by atoms with Crippen molar-refractivity contribution in [2.24, 2.45) is 0 Å². The zero-order chi connectivity index (χ0) is 24.0. The van der Waals surface area contributed by atoms with E-state index in [0.29, 0.717) is 0 Å². The summed E-state index contributed by atoms with van der Waals surface area (Å²) in [4.78, 5) is 20.2. The Kier molecular flexibility index (Phi) is 7.53. The van der Waals surface area contributed by atoms with Crippen molar-refractivity contribution < 1.29 is 9.53 Å². The van der Waals surface area contributed by atoms with E-state index < -0.39 is 0 Å². The molecule has 35 heavy (non-hydrogen) atoms. The van der Waals surface area contributed by atoms with Crippen LogP contribution in [-0.4, -0.2) is 68.1 Å². The molecule has 2 aliphatic rings. The number of piperazine rings is 1. The topological polar surface area (TPSA) is 36.0 Å². The van der Waals surface area contributed by atoms with Gasteiger partial charge in [-0.05, 0) is 79.9 Å². The summed E-state index contributed by atoms with van der Waals surface area (Å²) in [5, 5.41) is 2.14. The van der Waals surface area contributed by atoms with E-state index >= 15 is 0 Å². The Morgan fingerprint density at radius 2 is 1.63 bits per heavy atom. The molecular weight excluding hydrogens is 434 g/mol. The summed E-state index contributed by atoms with van der Waals surface area (Å²) in [6.07, 6.45) is 5.14. The molecule has 0 N–H and O–H groups in total. The lowest BCUT2D eigenvalue weighted by molar-refractivity contribution is 0.0749. The van der Waals surface area contributed by atoms with Crippen molar-refractivity contribution in [3.63, 3.8) is 0 Å². The second-order valence-electron chi connectivity index (χ2n) is 9.86. The van der Waals surface area contributed by atoms with Crippen LogP contribution in [0.3, 0.4) is 0 Å². The molecule has 0 unspecified atom stereocenters. The second kappa shape index (κ2) is 11.1. The molecule has 5 heteroatoms. The first-order valence-corrected chi connectivity index (χ1v) is 13.2. The molecule has 0 aliphatic carbocycles. The lowest BCUT2D eigenvalue weighted by atomic mass is 10.0. The van der Waals surface area contributed by atoms with Gasteiger partial charge in [-0.1, -0.05) is 42.8 Å². The van der Waals surface area contributed by atoms with Crippen LogP contribution in [0.5, 0.6) is 5.75 Å². The van der Waals surface area contributed by atoms with Gasteiger partial charge in [0.15, 0.2) is 0 Å². The van der Waals surface area contributed by atoms with Crippen LogP contribution in [0.25, 0.3) is 10.8 Å². The molecule has 0 aromatic heterocycles. The molecular formula is C30H37N3O2. The fourth-order valence-electron chi connectivity index (χ4n) is 5.47. The first-order chi connectivity index (χ1) is 17.2. The van der Waals surface area contributed by atoms with E-state index in [9.17, 15) is 4.79 Å². The SMILES string of the molecule is Cc1cc(OCCCN2CCCCC2)ccc1N1CCN(C(=O)c2cccc3ccccc23)CC1. The number of anilines is 1. The van der Waals surface area contributed by atoms with Gasteiger partial charge in [0.1, 0.15) is 5.75 Å². The zero-order valence-corrected chi connectivity index (χ0v) is 20.9. The van der Waals surface area contributed by atoms with Gasteiger partial charge in [-0.25, -0.2) is 0 Å². The molecule has 1 amide bonds. The third kappa shape index (κ3) is 5.62. The van der Waals surface area contributed by atoms with E-state index in [0.717, 1.165) is 67.8 Å². The van der Waals surface area contributed by atoms with E-state index in [-0.39, 0.29) is 5.91 Å². The molecule has 0 bridgehead atoms. The molecule has 0 spiro atoms. The van der Waals surface area contributed by atoms with Crippen LogP contribution in [0.15, 0.2) is 60.7 Å². The van der Waals surface area contributed by atoms with Crippen LogP contribution in [0.4, 0.5) is 5.69 Å². The van der Waals surface area contributed by atoms with E-state index in [4.69, 9.17) is 4.74 Å². The minimum atomic E-state index is 0.131. The maximum atomic E-state index is 13.3. The van der Waals surface area contributed by atoms with Crippen molar-refractivity contribution in [2.75, 3.05) is 57.3 Å². The number of likely N-dealkylation sites (tertiary alicyclic amines) is 1. The predicted octanol–water partition coefficient (Wildman–Crippen LogP) is 5.37. The Bertz CT molecular complexity index is 1140. The van der Waals surface area contributed by atoms with Gasteiger partial charge in [-0.3, -0.25) is 4.79 Å². The molecule has 3 aromatic carbocycles. The summed E-state index contributed by atoms with van der Waals surface area (Å²) in [5.41, 5.74) is 3.27. The van der Waals surface area contributed by atoms with Gasteiger partial charge in [0.2, 0.25) is 0 Å². The monoisotopic (exact) mass is 471 g/mol. The number of amides is 1. The lowest BCUT2D eigenvalue weighted by Gasteiger charge is -2.37. The molecule has 0 saturated carbocycles. The molecule has 184 valence electrons. The Balaban J connectivity index is 1.14. The Morgan fingerprint density at radius 3 is 2.43 bits per heavy atom. The largest absolute Gasteiger partial charge is 0.494 e. The van der Waals surface area contributed by atoms with Gasteiger partial charge in [-0.2, -0.15) is 0 Å². The maximum absolute atomic E-state index is 13.3. The summed E-state index contributed by atoms with van der Waals surface area (Å²) < 4.78 is 6.05. The van der Waals surface area contributed by atoms with Crippen molar-refractivity contribution in [3.8, 4) is 5.75 Å². The fraction of sp³-hybridized carbons (Fsp3) is 0.433. The number of rotatable bonds is 7. The van der Waals surface area contributed by atoms with Crippen LogP contribution >= 0.6 is 0 Å². The van der Waals surface area contributed by atoms with Gasteiger partial charge in [0.05, 0.1) is 6.61 Å². The number of hydrogen-bond donors (Lipinski definition) is 0. The molecule has 2 aliphatic heterocycles. The van der Waals surface area contributed by atoms with Crippen LogP contribution in [0.1, 0.15) is 41.6 Å².